The first kappa shape index (κ1) is 8.52. The third-order valence-corrected chi connectivity index (χ3v) is 3.40. The van der Waals surface area contributed by atoms with Gasteiger partial charge in [-0.25, -0.2) is 0 Å². The average molecular weight is 169 g/mol. The van der Waals surface area contributed by atoms with Crippen LogP contribution in [0.5, 0.6) is 0 Å². The molecule has 2 N–H and O–H groups in total. The molecule has 2 aliphatic rings. The van der Waals surface area contributed by atoms with Gasteiger partial charge < -0.3 is 10.5 Å². The molecule has 70 valence electrons. The number of hydrogen-bond donors (Lipinski definition) is 1. The van der Waals surface area contributed by atoms with Gasteiger partial charge >= 0.3 is 0 Å². The second-order valence-corrected chi connectivity index (χ2v) is 4.32. The van der Waals surface area contributed by atoms with E-state index >= 15 is 0 Å². The van der Waals surface area contributed by atoms with Crippen molar-refractivity contribution in [3.05, 3.63) is 0 Å². The Morgan fingerprint density at radius 1 is 1.33 bits per heavy atom. The molecule has 1 saturated carbocycles. The van der Waals surface area contributed by atoms with E-state index in [1.54, 1.807) is 0 Å². The van der Waals surface area contributed by atoms with Crippen LogP contribution in [-0.2, 0) is 4.74 Å². The van der Waals surface area contributed by atoms with Gasteiger partial charge in [0, 0.05) is 12.6 Å². The Hall–Kier alpha value is -0.0800. The molecule has 0 aromatic heterocycles. The molecule has 2 atom stereocenters. The summed E-state index contributed by atoms with van der Waals surface area (Å²) in [5, 5.41) is 0. The van der Waals surface area contributed by atoms with Crippen LogP contribution in [0.4, 0.5) is 0 Å². The minimum Gasteiger partial charge on any atom is -0.381 e. The minimum absolute atomic E-state index is 0.415. The molecule has 0 bridgehead atoms. The van der Waals surface area contributed by atoms with Crippen molar-refractivity contribution in [3.8, 4) is 0 Å². The smallest absolute Gasteiger partial charge is 0.0509 e. The Kier molecular flexibility index (Phi) is 2.66. The first-order valence-corrected chi connectivity index (χ1v) is 5.19. The van der Waals surface area contributed by atoms with Crippen LogP contribution in [-0.4, -0.2) is 19.3 Å². The van der Waals surface area contributed by atoms with Gasteiger partial charge in [0.1, 0.15) is 0 Å². The molecule has 1 heterocycles. The highest BCUT2D eigenvalue weighted by molar-refractivity contribution is 4.81. The van der Waals surface area contributed by atoms with Crippen LogP contribution in [0, 0.1) is 11.8 Å². The lowest BCUT2D eigenvalue weighted by Gasteiger charge is -2.29. The highest BCUT2D eigenvalue weighted by Crippen LogP contribution is 2.32. The monoisotopic (exact) mass is 169 g/mol. The molecule has 2 rings (SSSR count). The Morgan fingerprint density at radius 2 is 2.17 bits per heavy atom. The van der Waals surface area contributed by atoms with Gasteiger partial charge in [0.05, 0.1) is 6.61 Å². The van der Waals surface area contributed by atoms with E-state index < -0.39 is 0 Å². The SMILES string of the molecule is NC(CC1CCC1)C1CCOC1. The molecule has 1 aliphatic heterocycles. The van der Waals surface area contributed by atoms with Gasteiger partial charge in [-0.2, -0.15) is 0 Å². The Balaban J connectivity index is 1.71. The number of hydrogen-bond acceptors (Lipinski definition) is 2. The van der Waals surface area contributed by atoms with E-state index in [1.165, 1.54) is 32.1 Å². The summed E-state index contributed by atoms with van der Waals surface area (Å²) < 4.78 is 5.33. The van der Waals surface area contributed by atoms with Gasteiger partial charge in [0.15, 0.2) is 0 Å². The van der Waals surface area contributed by atoms with Crippen LogP contribution < -0.4 is 5.73 Å². The van der Waals surface area contributed by atoms with E-state index in [0.29, 0.717) is 12.0 Å². The van der Waals surface area contributed by atoms with Crippen molar-refractivity contribution in [2.75, 3.05) is 13.2 Å². The van der Waals surface area contributed by atoms with Gasteiger partial charge in [-0.05, 0) is 24.7 Å². The van der Waals surface area contributed by atoms with Crippen molar-refractivity contribution in [3.63, 3.8) is 0 Å². The first-order chi connectivity index (χ1) is 5.86. The number of ether oxygens (including phenoxy) is 1. The quantitative estimate of drug-likeness (QED) is 0.695. The topological polar surface area (TPSA) is 35.2 Å². The lowest BCUT2D eigenvalue weighted by atomic mass is 9.78. The third-order valence-electron chi connectivity index (χ3n) is 3.40. The normalized spacial score (nSPS) is 33.2. The fraction of sp³-hybridized carbons (Fsp3) is 1.00. The second kappa shape index (κ2) is 3.75. The molecule has 2 nitrogen and oxygen atoms in total. The third kappa shape index (κ3) is 1.80. The van der Waals surface area contributed by atoms with Crippen LogP contribution >= 0.6 is 0 Å². The predicted molar refractivity (Wildman–Crippen MR) is 48.9 cm³/mol. The maximum absolute atomic E-state index is 6.11. The molecule has 1 aliphatic carbocycles. The fourth-order valence-electron chi connectivity index (χ4n) is 2.20. The zero-order valence-electron chi connectivity index (χ0n) is 7.67. The van der Waals surface area contributed by atoms with Crippen LogP contribution in [0.3, 0.4) is 0 Å². The highest BCUT2D eigenvalue weighted by Gasteiger charge is 2.27. The van der Waals surface area contributed by atoms with Crippen molar-refractivity contribution in [1.82, 2.24) is 0 Å². The molecule has 0 spiro atoms. The maximum atomic E-state index is 6.11. The highest BCUT2D eigenvalue weighted by atomic mass is 16.5. The molecular formula is C10H19NO. The zero-order chi connectivity index (χ0) is 8.39. The van der Waals surface area contributed by atoms with Crippen molar-refractivity contribution >= 4 is 0 Å². The van der Waals surface area contributed by atoms with Crippen molar-refractivity contribution in [2.24, 2.45) is 17.6 Å². The van der Waals surface area contributed by atoms with Crippen LogP contribution in [0.15, 0.2) is 0 Å². The lowest BCUT2D eigenvalue weighted by Crippen LogP contribution is -2.34. The van der Waals surface area contributed by atoms with E-state index in [4.69, 9.17) is 10.5 Å². The molecular weight excluding hydrogens is 150 g/mol. The van der Waals surface area contributed by atoms with E-state index in [1.807, 2.05) is 0 Å². The van der Waals surface area contributed by atoms with E-state index in [2.05, 4.69) is 0 Å². The van der Waals surface area contributed by atoms with Crippen LogP contribution in [0.2, 0.25) is 0 Å². The summed E-state index contributed by atoms with van der Waals surface area (Å²) in [5.74, 6) is 1.60. The Morgan fingerprint density at radius 3 is 2.67 bits per heavy atom. The molecule has 0 aromatic rings. The van der Waals surface area contributed by atoms with Gasteiger partial charge in [-0.1, -0.05) is 19.3 Å². The van der Waals surface area contributed by atoms with Crippen molar-refractivity contribution < 1.29 is 4.74 Å². The molecule has 0 amide bonds. The summed E-state index contributed by atoms with van der Waals surface area (Å²) in [7, 11) is 0. The van der Waals surface area contributed by atoms with Crippen molar-refractivity contribution in [2.45, 2.75) is 38.1 Å². The number of nitrogens with two attached hydrogens (primary N) is 1. The van der Waals surface area contributed by atoms with Crippen molar-refractivity contribution in [1.29, 1.82) is 0 Å². The largest absolute Gasteiger partial charge is 0.381 e. The minimum atomic E-state index is 0.415. The second-order valence-electron chi connectivity index (χ2n) is 4.32. The molecule has 12 heavy (non-hydrogen) atoms. The fourth-order valence-corrected chi connectivity index (χ4v) is 2.20. The standard InChI is InChI=1S/C10H19NO/c11-10(6-8-2-1-3-8)9-4-5-12-7-9/h8-10H,1-7,11H2. The summed E-state index contributed by atoms with van der Waals surface area (Å²) in [4.78, 5) is 0. The van der Waals surface area contributed by atoms with E-state index in [9.17, 15) is 0 Å². The summed E-state index contributed by atoms with van der Waals surface area (Å²) in [6.45, 7) is 1.84. The van der Waals surface area contributed by atoms with E-state index in [-0.39, 0.29) is 0 Å². The maximum Gasteiger partial charge on any atom is 0.0509 e. The Bertz CT molecular complexity index is 139. The van der Waals surface area contributed by atoms with Gasteiger partial charge in [-0.3, -0.25) is 0 Å². The predicted octanol–water partition coefficient (Wildman–Crippen LogP) is 1.54. The van der Waals surface area contributed by atoms with Gasteiger partial charge in [0.2, 0.25) is 0 Å². The molecule has 0 radical (unpaired) electrons. The van der Waals surface area contributed by atoms with Gasteiger partial charge in [-0.15, -0.1) is 0 Å². The lowest BCUT2D eigenvalue weighted by molar-refractivity contribution is 0.172. The number of rotatable bonds is 3. The van der Waals surface area contributed by atoms with E-state index in [0.717, 1.165) is 19.1 Å². The summed E-state index contributed by atoms with van der Waals surface area (Å²) in [5.41, 5.74) is 6.11. The zero-order valence-corrected chi connectivity index (χ0v) is 7.67. The summed E-state index contributed by atoms with van der Waals surface area (Å²) >= 11 is 0. The molecule has 2 heteroatoms. The molecule has 1 saturated heterocycles. The first-order valence-electron chi connectivity index (χ1n) is 5.19. The Labute approximate surface area is 74.5 Å². The van der Waals surface area contributed by atoms with Crippen LogP contribution in [0.25, 0.3) is 0 Å². The summed E-state index contributed by atoms with van der Waals surface area (Å²) in [6.07, 6.45) is 6.70. The summed E-state index contributed by atoms with van der Waals surface area (Å²) in [6, 6.07) is 0.415. The van der Waals surface area contributed by atoms with Gasteiger partial charge in [0.25, 0.3) is 0 Å². The molecule has 2 unspecified atom stereocenters. The average Bonchev–Trinajstić information content (AvgIpc) is 2.47. The van der Waals surface area contributed by atoms with Crippen LogP contribution in [0.1, 0.15) is 32.1 Å². The molecule has 0 aromatic carbocycles. The molecule has 2 fully saturated rings.